The summed E-state index contributed by atoms with van der Waals surface area (Å²) in [6.07, 6.45) is 0. The summed E-state index contributed by atoms with van der Waals surface area (Å²) in [5.74, 6) is 5.87. The van der Waals surface area contributed by atoms with Crippen LogP contribution in [0.15, 0.2) is 24.3 Å². The molecule has 0 aliphatic carbocycles. The SMILES string of the molecule is CCOCCN(C)Cc1ccc(C#CCN)cc1. The fourth-order valence-electron chi connectivity index (χ4n) is 1.60. The molecule has 1 aromatic rings. The molecular formula is C15H22N2O. The third-order valence-electron chi connectivity index (χ3n) is 2.56. The van der Waals surface area contributed by atoms with Crippen molar-refractivity contribution in [3.05, 3.63) is 35.4 Å². The van der Waals surface area contributed by atoms with Crippen LogP contribution in [0.4, 0.5) is 0 Å². The monoisotopic (exact) mass is 246 g/mol. The van der Waals surface area contributed by atoms with Crippen molar-refractivity contribution in [3.63, 3.8) is 0 Å². The normalized spacial score (nSPS) is 10.2. The maximum Gasteiger partial charge on any atom is 0.0593 e. The maximum atomic E-state index is 5.34. The number of likely N-dealkylation sites (N-methyl/N-ethyl adjacent to an activating group) is 1. The second-order valence-corrected chi connectivity index (χ2v) is 4.14. The minimum atomic E-state index is 0.405. The number of hydrogen-bond acceptors (Lipinski definition) is 3. The highest BCUT2D eigenvalue weighted by molar-refractivity contribution is 5.36. The third-order valence-corrected chi connectivity index (χ3v) is 2.56. The first-order valence-electron chi connectivity index (χ1n) is 6.30. The Kier molecular flexibility index (Phi) is 7.12. The Hall–Kier alpha value is -1.34. The van der Waals surface area contributed by atoms with E-state index < -0.39 is 0 Å². The van der Waals surface area contributed by atoms with Crippen molar-refractivity contribution in [1.82, 2.24) is 4.90 Å². The van der Waals surface area contributed by atoms with Crippen molar-refractivity contribution in [2.45, 2.75) is 13.5 Å². The van der Waals surface area contributed by atoms with Crippen molar-refractivity contribution in [2.24, 2.45) is 5.73 Å². The molecule has 2 N–H and O–H groups in total. The fraction of sp³-hybridized carbons (Fsp3) is 0.467. The highest BCUT2D eigenvalue weighted by Crippen LogP contribution is 2.05. The summed E-state index contributed by atoms with van der Waals surface area (Å²) in [5.41, 5.74) is 7.64. The maximum absolute atomic E-state index is 5.34. The molecule has 1 aromatic carbocycles. The van der Waals surface area contributed by atoms with E-state index in [2.05, 4.69) is 35.9 Å². The van der Waals surface area contributed by atoms with E-state index in [0.717, 1.165) is 31.9 Å². The minimum Gasteiger partial charge on any atom is -0.380 e. The topological polar surface area (TPSA) is 38.5 Å². The van der Waals surface area contributed by atoms with Gasteiger partial charge in [0, 0.05) is 25.3 Å². The van der Waals surface area contributed by atoms with Gasteiger partial charge in [-0.2, -0.15) is 0 Å². The Morgan fingerprint density at radius 1 is 1.28 bits per heavy atom. The molecule has 98 valence electrons. The van der Waals surface area contributed by atoms with Gasteiger partial charge in [0.1, 0.15) is 0 Å². The lowest BCUT2D eigenvalue weighted by Crippen LogP contribution is -2.22. The van der Waals surface area contributed by atoms with E-state index in [-0.39, 0.29) is 0 Å². The summed E-state index contributed by atoms with van der Waals surface area (Å²) in [7, 11) is 2.10. The lowest BCUT2D eigenvalue weighted by molar-refractivity contribution is 0.120. The van der Waals surface area contributed by atoms with E-state index in [4.69, 9.17) is 10.5 Å². The van der Waals surface area contributed by atoms with Gasteiger partial charge >= 0.3 is 0 Å². The van der Waals surface area contributed by atoms with Gasteiger partial charge in [-0.15, -0.1) is 0 Å². The summed E-state index contributed by atoms with van der Waals surface area (Å²) >= 11 is 0. The predicted molar refractivity (Wildman–Crippen MR) is 75.2 cm³/mol. The fourth-order valence-corrected chi connectivity index (χ4v) is 1.60. The van der Waals surface area contributed by atoms with Crippen LogP contribution in [0.25, 0.3) is 0 Å². The number of nitrogens with two attached hydrogens (primary N) is 1. The molecule has 0 fully saturated rings. The van der Waals surface area contributed by atoms with Crippen LogP contribution in [-0.4, -0.2) is 38.3 Å². The standard InChI is InChI=1S/C15H22N2O/c1-3-18-12-11-17(2)13-15-8-6-14(7-9-15)5-4-10-16/h6-9H,3,10-13,16H2,1-2H3. The van der Waals surface area contributed by atoms with Crippen molar-refractivity contribution < 1.29 is 4.74 Å². The number of benzene rings is 1. The van der Waals surface area contributed by atoms with E-state index in [1.807, 2.05) is 19.1 Å². The molecule has 0 saturated carbocycles. The van der Waals surface area contributed by atoms with Crippen molar-refractivity contribution >= 4 is 0 Å². The van der Waals surface area contributed by atoms with E-state index in [1.54, 1.807) is 0 Å². The number of ether oxygens (including phenoxy) is 1. The Bertz CT molecular complexity index is 389. The van der Waals surface area contributed by atoms with Crippen LogP contribution in [0.3, 0.4) is 0 Å². The molecule has 0 aliphatic heterocycles. The molecule has 1 rings (SSSR count). The predicted octanol–water partition coefficient (Wildman–Crippen LogP) is 1.47. The Morgan fingerprint density at radius 3 is 2.61 bits per heavy atom. The van der Waals surface area contributed by atoms with E-state index in [0.29, 0.717) is 6.54 Å². The van der Waals surface area contributed by atoms with Gasteiger partial charge in [0.15, 0.2) is 0 Å². The Labute approximate surface area is 110 Å². The van der Waals surface area contributed by atoms with Crippen molar-refractivity contribution in [1.29, 1.82) is 0 Å². The van der Waals surface area contributed by atoms with Gasteiger partial charge in [-0.1, -0.05) is 24.0 Å². The summed E-state index contributed by atoms with van der Waals surface area (Å²) in [6, 6.07) is 8.29. The van der Waals surface area contributed by atoms with Gasteiger partial charge in [0.05, 0.1) is 13.2 Å². The highest BCUT2D eigenvalue weighted by Gasteiger charge is 2.00. The molecule has 0 unspecified atom stereocenters. The van der Waals surface area contributed by atoms with Crippen molar-refractivity contribution in [2.75, 3.05) is 33.4 Å². The van der Waals surface area contributed by atoms with Crippen LogP contribution >= 0.6 is 0 Å². The van der Waals surface area contributed by atoms with E-state index in [1.165, 1.54) is 5.56 Å². The van der Waals surface area contributed by atoms with Crippen LogP contribution in [0.2, 0.25) is 0 Å². The lowest BCUT2D eigenvalue weighted by atomic mass is 10.1. The second kappa shape index (κ2) is 8.71. The van der Waals surface area contributed by atoms with E-state index >= 15 is 0 Å². The van der Waals surface area contributed by atoms with Crippen LogP contribution < -0.4 is 5.73 Å². The van der Waals surface area contributed by atoms with E-state index in [9.17, 15) is 0 Å². The summed E-state index contributed by atoms with van der Waals surface area (Å²) in [6.45, 7) is 5.86. The molecule has 0 bridgehead atoms. The van der Waals surface area contributed by atoms with Crippen LogP contribution in [-0.2, 0) is 11.3 Å². The molecule has 18 heavy (non-hydrogen) atoms. The molecule has 0 heterocycles. The number of hydrogen-bond donors (Lipinski definition) is 1. The largest absolute Gasteiger partial charge is 0.380 e. The third kappa shape index (κ3) is 5.83. The zero-order valence-corrected chi connectivity index (χ0v) is 11.3. The average molecular weight is 246 g/mol. The average Bonchev–Trinajstić information content (AvgIpc) is 2.38. The minimum absolute atomic E-state index is 0.405. The van der Waals surface area contributed by atoms with Crippen molar-refractivity contribution in [3.8, 4) is 11.8 Å². The van der Waals surface area contributed by atoms with Gasteiger partial charge in [-0.3, -0.25) is 4.90 Å². The molecule has 0 aliphatic rings. The first-order valence-corrected chi connectivity index (χ1v) is 6.30. The molecule has 0 atom stereocenters. The molecule has 0 aromatic heterocycles. The lowest BCUT2D eigenvalue weighted by Gasteiger charge is -2.16. The summed E-state index contributed by atoms with van der Waals surface area (Å²) in [5, 5.41) is 0. The first kappa shape index (κ1) is 14.7. The molecule has 3 heteroatoms. The van der Waals surface area contributed by atoms with Crippen LogP contribution in [0.1, 0.15) is 18.1 Å². The molecule has 0 spiro atoms. The van der Waals surface area contributed by atoms with Gasteiger partial charge in [0.25, 0.3) is 0 Å². The molecule has 3 nitrogen and oxygen atoms in total. The molecule has 0 saturated heterocycles. The number of nitrogens with zero attached hydrogens (tertiary/aromatic N) is 1. The highest BCUT2D eigenvalue weighted by atomic mass is 16.5. The second-order valence-electron chi connectivity index (χ2n) is 4.14. The quantitative estimate of drug-likeness (QED) is 0.610. The van der Waals surface area contributed by atoms with Gasteiger partial charge < -0.3 is 10.5 Å². The first-order chi connectivity index (χ1) is 8.76. The smallest absolute Gasteiger partial charge is 0.0593 e. The summed E-state index contributed by atoms with van der Waals surface area (Å²) in [4.78, 5) is 2.25. The summed E-state index contributed by atoms with van der Waals surface area (Å²) < 4.78 is 5.33. The van der Waals surface area contributed by atoms with Crippen LogP contribution in [0, 0.1) is 11.8 Å². The zero-order valence-electron chi connectivity index (χ0n) is 11.3. The Morgan fingerprint density at radius 2 is 2.00 bits per heavy atom. The molecule has 0 amide bonds. The zero-order chi connectivity index (χ0) is 13.2. The molecular weight excluding hydrogens is 224 g/mol. The number of rotatable bonds is 6. The Balaban J connectivity index is 2.42. The molecule has 0 radical (unpaired) electrons. The van der Waals surface area contributed by atoms with Gasteiger partial charge in [0.2, 0.25) is 0 Å². The van der Waals surface area contributed by atoms with Crippen LogP contribution in [0.5, 0.6) is 0 Å². The van der Waals surface area contributed by atoms with Gasteiger partial charge in [-0.05, 0) is 31.7 Å². The van der Waals surface area contributed by atoms with Gasteiger partial charge in [-0.25, -0.2) is 0 Å².